The zero-order valence-electron chi connectivity index (χ0n) is 14.6. The van der Waals surface area contributed by atoms with Crippen LogP contribution in [0.25, 0.3) is 10.2 Å². The lowest BCUT2D eigenvalue weighted by molar-refractivity contribution is 0.0972. The first-order valence-electron chi connectivity index (χ1n) is 8.32. The van der Waals surface area contributed by atoms with Gasteiger partial charge in [0, 0.05) is 19.4 Å². The predicted molar refractivity (Wildman–Crippen MR) is 105 cm³/mol. The average molecular weight is 362 g/mol. The van der Waals surface area contributed by atoms with E-state index in [2.05, 4.69) is 18.0 Å². The summed E-state index contributed by atoms with van der Waals surface area (Å²) >= 11 is 1.53. The van der Waals surface area contributed by atoms with Crippen molar-refractivity contribution in [1.82, 2.24) is 14.5 Å². The van der Waals surface area contributed by atoms with Gasteiger partial charge in [0.15, 0.2) is 11.0 Å². The number of carbonyl (C=O) groups is 1. The topological polar surface area (TPSA) is 51.0 Å². The third-order valence-electron chi connectivity index (χ3n) is 4.20. The lowest BCUT2D eigenvalue weighted by atomic mass is 10.2. The molecule has 0 aliphatic carbocycles. The molecule has 0 aliphatic heterocycles. The molecule has 6 heteroatoms. The Labute approximate surface area is 155 Å². The van der Waals surface area contributed by atoms with Gasteiger partial charge in [-0.25, -0.2) is 9.97 Å². The highest BCUT2D eigenvalue weighted by molar-refractivity contribution is 7.22. The minimum atomic E-state index is -0.155. The maximum atomic E-state index is 13.2. The number of fused-ring (bicyclic) bond motifs is 1. The Balaban J connectivity index is 1.78. The first-order valence-corrected chi connectivity index (χ1v) is 9.14. The van der Waals surface area contributed by atoms with Gasteiger partial charge in [0.05, 0.1) is 16.8 Å². The Hall–Kier alpha value is -2.99. The number of aromatic nitrogens is 3. The number of amides is 1. The number of benzene rings is 2. The monoisotopic (exact) mass is 362 g/mol. The van der Waals surface area contributed by atoms with E-state index in [4.69, 9.17) is 4.98 Å². The smallest absolute Gasteiger partial charge is 0.296 e. The van der Waals surface area contributed by atoms with E-state index in [0.717, 1.165) is 15.8 Å². The molecule has 0 atom stereocenters. The number of hydrogen-bond donors (Lipinski definition) is 0. The lowest BCUT2D eigenvalue weighted by Crippen LogP contribution is -2.32. The Kier molecular flexibility index (Phi) is 4.26. The number of aryl methyl sites for hydroxylation is 2. The fourth-order valence-corrected chi connectivity index (χ4v) is 3.88. The molecule has 1 amide bonds. The summed E-state index contributed by atoms with van der Waals surface area (Å²) in [7, 11) is 1.82. The van der Waals surface area contributed by atoms with Gasteiger partial charge >= 0.3 is 0 Å². The summed E-state index contributed by atoms with van der Waals surface area (Å²) in [5.74, 6) is 0.244. The van der Waals surface area contributed by atoms with Crippen LogP contribution >= 0.6 is 11.3 Å². The molecule has 5 nitrogen and oxygen atoms in total. The molecule has 4 aromatic rings. The van der Waals surface area contributed by atoms with Gasteiger partial charge in [0.25, 0.3) is 5.91 Å². The zero-order chi connectivity index (χ0) is 18.1. The molecule has 0 unspecified atom stereocenters. The number of imidazole rings is 1. The van der Waals surface area contributed by atoms with Crippen LogP contribution in [-0.2, 0) is 13.6 Å². The summed E-state index contributed by atoms with van der Waals surface area (Å²) in [6.45, 7) is 2.50. The van der Waals surface area contributed by atoms with Crippen molar-refractivity contribution in [3.05, 3.63) is 77.9 Å². The zero-order valence-corrected chi connectivity index (χ0v) is 15.4. The van der Waals surface area contributed by atoms with E-state index in [1.54, 1.807) is 21.9 Å². The normalized spacial score (nSPS) is 11.0. The van der Waals surface area contributed by atoms with E-state index < -0.39 is 0 Å². The SMILES string of the molecule is Cc1ccc2nc(N(Cc3ccccc3)C(=O)c3nccn3C)sc2c1. The Morgan fingerprint density at radius 2 is 2.00 bits per heavy atom. The fourth-order valence-electron chi connectivity index (χ4n) is 2.82. The van der Waals surface area contributed by atoms with Crippen molar-refractivity contribution < 1.29 is 4.79 Å². The molecule has 130 valence electrons. The van der Waals surface area contributed by atoms with E-state index in [1.165, 1.54) is 16.9 Å². The highest BCUT2D eigenvalue weighted by Gasteiger charge is 2.24. The quantitative estimate of drug-likeness (QED) is 0.547. The van der Waals surface area contributed by atoms with E-state index >= 15 is 0 Å². The van der Waals surface area contributed by atoms with Crippen LogP contribution in [0.3, 0.4) is 0 Å². The molecular formula is C20H18N4OS. The second kappa shape index (κ2) is 6.72. The van der Waals surface area contributed by atoms with Gasteiger partial charge in [0.1, 0.15) is 0 Å². The number of thiazole rings is 1. The maximum Gasteiger partial charge on any atom is 0.296 e. The Morgan fingerprint density at radius 1 is 1.19 bits per heavy atom. The van der Waals surface area contributed by atoms with E-state index in [-0.39, 0.29) is 5.91 Å². The summed E-state index contributed by atoms with van der Waals surface area (Å²) in [6.07, 6.45) is 3.41. The van der Waals surface area contributed by atoms with Crippen molar-refractivity contribution in [3.8, 4) is 0 Å². The van der Waals surface area contributed by atoms with Crippen molar-refractivity contribution in [3.63, 3.8) is 0 Å². The molecular weight excluding hydrogens is 344 g/mol. The van der Waals surface area contributed by atoms with Crippen molar-refractivity contribution in [2.75, 3.05) is 4.90 Å². The van der Waals surface area contributed by atoms with Crippen molar-refractivity contribution in [1.29, 1.82) is 0 Å². The summed E-state index contributed by atoms with van der Waals surface area (Å²) in [5.41, 5.74) is 3.13. The van der Waals surface area contributed by atoms with E-state index in [1.807, 2.05) is 49.5 Å². The second-order valence-electron chi connectivity index (χ2n) is 6.21. The van der Waals surface area contributed by atoms with Crippen LogP contribution in [0.15, 0.2) is 60.9 Å². The molecule has 2 heterocycles. The molecule has 0 bridgehead atoms. The first kappa shape index (κ1) is 16.5. The molecule has 2 aromatic heterocycles. The summed E-state index contributed by atoms with van der Waals surface area (Å²) in [6, 6.07) is 16.1. The van der Waals surface area contributed by atoms with Gasteiger partial charge in [-0.05, 0) is 30.2 Å². The van der Waals surface area contributed by atoms with Gasteiger partial charge in [-0.1, -0.05) is 47.7 Å². The van der Waals surface area contributed by atoms with Gasteiger partial charge in [-0.15, -0.1) is 0 Å². The van der Waals surface area contributed by atoms with Crippen LogP contribution in [0.4, 0.5) is 5.13 Å². The number of anilines is 1. The molecule has 0 saturated heterocycles. The van der Waals surface area contributed by atoms with E-state index in [0.29, 0.717) is 17.5 Å². The van der Waals surface area contributed by atoms with Crippen LogP contribution in [0, 0.1) is 6.92 Å². The molecule has 0 fully saturated rings. The maximum absolute atomic E-state index is 13.2. The van der Waals surface area contributed by atoms with Gasteiger partial charge in [-0.2, -0.15) is 0 Å². The summed E-state index contributed by atoms with van der Waals surface area (Å²) in [4.78, 5) is 23.8. The number of rotatable bonds is 4. The molecule has 0 N–H and O–H groups in total. The van der Waals surface area contributed by atoms with E-state index in [9.17, 15) is 4.79 Å². The van der Waals surface area contributed by atoms with Crippen LogP contribution in [0.5, 0.6) is 0 Å². The van der Waals surface area contributed by atoms with Gasteiger partial charge in [0.2, 0.25) is 0 Å². The third kappa shape index (κ3) is 3.11. The first-order chi connectivity index (χ1) is 12.6. The number of nitrogens with zero attached hydrogens (tertiary/aromatic N) is 4. The minimum Gasteiger partial charge on any atom is -0.330 e. The molecule has 0 saturated carbocycles. The van der Waals surface area contributed by atoms with Crippen LogP contribution in [0.2, 0.25) is 0 Å². The fraction of sp³-hybridized carbons (Fsp3) is 0.150. The van der Waals surface area contributed by atoms with Crippen molar-refractivity contribution >= 4 is 32.6 Å². The van der Waals surface area contributed by atoms with Crippen LogP contribution in [-0.4, -0.2) is 20.4 Å². The van der Waals surface area contributed by atoms with Crippen molar-refractivity contribution in [2.24, 2.45) is 7.05 Å². The van der Waals surface area contributed by atoms with Gasteiger partial charge in [-0.3, -0.25) is 9.69 Å². The van der Waals surface area contributed by atoms with Crippen LogP contribution in [0.1, 0.15) is 21.7 Å². The highest BCUT2D eigenvalue weighted by atomic mass is 32.1. The predicted octanol–water partition coefficient (Wildman–Crippen LogP) is 4.19. The van der Waals surface area contributed by atoms with Gasteiger partial charge < -0.3 is 4.57 Å². The third-order valence-corrected chi connectivity index (χ3v) is 5.25. The lowest BCUT2D eigenvalue weighted by Gasteiger charge is -2.19. The highest BCUT2D eigenvalue weighted by Crippen LogP contribution is 2.31. The molecule has 26 heavy (non-hydrogen) atoms. The molecule has 0 spiro atoms. The number of carbonyl (C=O) groups excluding carboxylic acids is 1. The van der Waals surface area contributed by atoms with Crippen LogP contribution < -0.4 is 4.90 Å². The second-order valence-corrected chi connectivity index (χ2v) is 7.22. The minimum absolute atomic E-state index is 0.155. The molecule has 0 aliphatic rings. The Bertz CT molecular complexity index is 1070. The molecule has 2 aromatic carbocycles. The molecule has 4 rings (SSSR count). The number of hydrogen-bond acceptors (Lipinski definition) is 4. The molecule has 0 radical (unpaired) electrons. The standard InChI is InChI=1S/C20H18N4OS/c1-14-8-9-16-17(12-14)26-20(22-16)24(13-15-6-4-3-5-7-15)19(25)18-21-10-11-23(18)2/h3-12H,13H2,1-2H3. The average Bonchev–Trinajstić information content (AvgIpc) is 3.25. The summed E-state index contributed by atoms with van der Waals surface area (Å²) < 4.78 is 2.81. The largest absolute Gasteiger partial charge is 0.330 e. The van der Waals surface area contributed by atoms with Crippen molar-refractivity contribution in [2.45, 2.75) is 13.5 Å². The summed E-state index contributed by atoms with van der Waals surface area (Å²) in [5, 5.41) is 0.683. The Morgan fingerprint density at radius 3 is 2.73 bits per heavy atom.